The summed E-state index contributed by atoms with van der Waals surface area (Å²) >= 11 is 0. The van der Waals surface area contributed by atoms with Crippen LogP contribution in [-0.2, 0) is 19.1 Å². The second kappa shape index (κ2) is 13.1. The predicted octanol–water partition coefficient (Wildman–Crippen LogP) is 4.85. The van der Waals surface area contributed by atoms with Gasteiger partial charge in [0.25, 0.3) is 0 Å². The molecule has 2 N–H and O–H groups in total. The number of anilines is 1. The zero-order valence-electron chi connectivity index (χ0n) is 27.0. The molecule has 1 aromatic rings. The van der Waals surface area contributed by atoms with E-state index in [1.165, 1.54) is 6.42 Å². The summed E-state index contributed by atoms with van der Waals surface area (Å²) in [5, 5.41) is 6.43. The average molecular weight is 593 g/mol. The van der Waals surface area contributed by atoms with E-state index >= 15 is 0 Å². The lowest BCUT2D eigenvalue weighted by Gasteiger charge is -2.38. The first-order valence-corrected chi connectivity index (χ1v) is 16.7. The molecular weight excluding hydrogens is 540 g/mol. The van der Waals surface area contributed by atoms with Gasteiger partial charge in [0.15, 0.2) is 0 Å². The van der Waals surface area contributed by atoms with Gasteiger partial charge in [-0.25, -0.2) is 0 Å². The SMILES string of the molecule is CCCN(CCC)CCCN1C(=O)[C@H]2[C@H](C(=O)Nc3cc(C)cc(C)c3)[C@H]3C=C[C@@]2(O3)[C@@H]1C(=O)N[C@@H]1CCC[C@H](C)[C@H]1C. The summed E-state index contributed by atoms with van der Waals surface area (Å²) < 4.78 is 6.57. The summed E-state index contributed by atoms with van der Waals surface area (Å²) in [6.45, 7) is 16.2. The van der Waals surface area contributed by atoms with Crippen LogP contribution in [0, 0.1) is 37.5 Å². The van der Waals surface area contributed by atoms with Gasteiger partial charge in [0.2, 0.25) is 17.7 Å². The molecule has 0 aromatic heterocycles. The van der Waals surface area contributed by atoms with Crippen molar-refractivity contribution >= 4 is 23.4 Å². The molecule has 3 aliphatic heterocycles. The van der Waals surface area contributed by atoms with Crippen LogP contribution >= 0.6 is 0 Å². The minimum absolute atomic E-state index is 0.0690. The Bertz CT molecular complexity index is 1210. The molecule has 3 heterocycles. The largest absolute Gasteiger partial charge is 0.359 e. The van der Waals surface area contributed by atoms with Gasteiger partial charge in [0.1, 0.15) is 11.6 Å². The van der Waals surface area contributed by atoms with Crippen molar-refractivity contribution in [3.63, 3.8) is 0 Å². The summed E-state index contributed by atoms with van der Waals surface area (Å²) in [5.41, 5.74) is 1.70. The molecule has 2 bridgehead atoms. The lowest BCUT2D eigenvalue weighted by Crippen LogP contribution is -2.58. The van der Waals surface area contributed by atoms with Crippen LogP contribution in [0.15, 0.2) is 30.4 Å². The number of rotatable bonds is 12. The molecule has 1 aliphatic carbocycles. The van der Waals surface area contributed by atoms with Crippen LogP contribution in [0.2, 0.25) is 0 Å². The molecule has 4 aliphatic rings. The average Bonchev–Trinajstić information content (AvgIpc) is 3.58. The Morgan fingerprint density at radius 2 is 1.72 bits per heavy atom. The number of benzene rings is 1. The molecule has 8 atom stereocenters. The van der Waals surface area contributed by atoms with Crippen molar-refractivity contribution in [2.24, 2.45) is 23.7 Å². The molecule has 0 unspecified atom stereocenters. The first kappa shape index (κ1) is 31.7. The number of likely N-dealkylation sites (tertiary alicyclic amines) is 1. The monoisotopic (exact) mass is 592 g/mol. The summed E-state index contributed by atoms with van der Waals surface area (Å²) in [6, 6.07) is 5.22. The fourth-order valence-electron chi connectivity index (χ4n) is 8.26. The molecular formula is C35H52N4O4. The zero-order chi connectivity index (χ0) is 30.9. The highest BCUT2D eigenvalue weighted by molar-refractivity contribution is 6.02. The van der Waals surface area contributed by atoms with E-state index in [4.69, 9.17) is 4.74 Å². The van der Waals surface area contributed by atoms with Gasteiger partial charge in [-0.1, -0.05) is 58.8 Å². The van der Waals surface area contributed by atoms with Crippen LogP contribution in [0.5, 0.6) is 0 Å². The molecule has 8 nitrogen and oxygen atoms in total. The quantitative estimate of drug-likeness (QED) is 0.339. The van der Waals surface area contributed by atoms with Crippen LogP contribution in [0.4, 0.5) is 5.69 Å². The van der Waals surface area contributed by atoms with E-state index in [9.17, 15) is 14.4 Å². The summed E-state index contributed by atoms with van der Waals surface area (Å²) in [5.74, 6) is -1.05. The van der Waals surface area contributed by atoms with E-state index in [-0.39, 0.29) is 23.8 Å². The summed E-state index contributed by atoms with van der Waals surface area (Å²) in [7, 11) is 0. The molecule has 2 saturated heterocycles. The first-order valence-electron chi connectivity index (χ1n) is 16.7. The van der Waals surface area contributed by atoms with Gasteiger partial charge in [-0.05, 0) is 94.3 Å². The van der Waals surface area contributed by atoms with Crippen LogP contribution in [-0.4, -0.2) is 77.5 Å². The smallest absolute Gasteiger partial charge is 0.246 e. The Morgan fingerprint density at radius 1 is 1.02 bits per heavy atom. The topological polar surface area (TPSA) is 91.0 Å². The van der Waals surface area contributed by atoms with Crippen molar-refractivity contribution in [1.29, 1.82) is 0 Å². The van der Waals surface area contributed by atoms with Gasteiger partial charge in [-0.15, -0.1) is 0 Å². The third-order valence-corrected chi connectivity index (χ3v) is 10.4. The van der Waals surface area contributed by atoms with Gasteiger partial charge in [-0.3, -0.25) is 14.4 Å². The maximum atomic E-state index is 14.3. The fourth-order valence-corrected chi connectivity index (χ4v) is 8.26. The van der Waals surface area contributed by atoms with Crippen molar-refractivity contribution in [1.82, 2.24) is 15.1 Å². The van der Waals surface area contributed by atoms with Crippen LogP contribution < -0.4 is 10.6 Å². The standard InChI is InChI=1S/C35H52N4O4/c1-7-15-38(16-8-2)17-10-18-39-31(33(41)37-27-12-9-11-24(5)25(27)6)35-14-13-28(43-35)29(30(35)34(39)42)32(40)36-26-20-22(3)19-23(4)21-26/h13-14,19-21,24-25,27-31H,7-12,15-18H2,1-6H3,(H,36,40)(H,37,41)/t24-,25+,27+,28+,29+,30+,31-,35-/m0/s1. The number of nitrogens with zero attached hydrogens (tertiary/aromatic N) is 2. The van der Waals surface area contributed by atoms with Crippen molar-refractivity contribution in [3.05, 3.63) is 41.5 Å². The Hall–Kier alpha value is -2.71. The van der Waals surface area contributed by atoms with Gasteiger partial charge >= 0.3 is 0 Å². The molecule has 1 saturated carbocycles. The van der Waals surface area contributed by atoms with E-state index in [0.717, 1.165) is 62.9 Å². The molecule has 5 rings (SSSR count). The van der Waals surface area contributed by atoms with Crippen LogP contribution in [0.3, 0.4) is 0 Å². The second-order valence-corrected chi connectivity index (χ2v) is 13.7. The minimum Gasteiger partial charge on any atom is -0.359 e. The fraction of sp³-hybridized carbons (Fsp3) is 0.686. The number of amides is 3. The third kappa shape index (κ3) is 6.15. The van der Waals surface area contributed by atoms with Crippen molar-refractivity contribution < 1.29 is 19.1 Å². The molecule has 3 amide bonds. The molecule has 236 valence electrons. The van der Waals surface area contributed by atoms with E-state index in [1.807, 2.05) is 38.1 Å². The van der Waals surface area contributed by atoms with Gasteiger partial charge in [0.05, 0.1) is 17.9 Å². The summed E-state index contributed by atoms with van der Waals surface area (Å²) in [6.07, 6.45) is 9.40. The van der Waals surface area contributed by atoms with Gasteiger partial charge < -0.3 is 25.2 Å². The van der Waals surface area contributed by atoms with E-state index in [2.05, 4.69) is 49.3 Å². The van der Waals surface area contributed by atoms with Crippen molar-refractivity contribution in [2.75, 3.05) is 31.5 Å². The van der Waals surface area contributed by atoms with Crippen LogP contribution in [0.25, 0.3) is 0 Å². The minimum atomic E-state index is -1.13. The molecule has 3 fully saturated rings. The molecule has 43 heavy (non-hydrogen) atoms. The third-order valence-electron chi connectivity index (χ3n) is 10.4. The number of carbonyl (C=O) groups is 3. The lowest BCUT2D eigenvalue weighted by atomic mass is 9.73. The molecule has 0 radical (unpaired) electrons. The maximum Gasteiger partial charge on any atom is 0.246 e. The molecule has 1 aromatic carbocycles. The number of hydrogen-bond donors (Lipinski definition) is 2. The highest BCUT2D eigenvalue weighted by Gasteiger charge is 2.72. The van der Waals surface area contributed by atoms with E-state index in [0.29, 0.717) is 24.1 Å². The lowest BCUT2D eigenvalue weighted by molar-refractivity contribution is -0.141. The number of hydrogen-bond acceptors (Lipinski definition) is 5. The number of fused-ring (bicyclic) bond motifs is 1. The second-order valence-electron chi connectivity index (χ2n) is 13.7. The molecule has 1 spiro atoms. The number of aryl methyl sites for hydroxylation is 2. The maximum absolute atomic E-state index is 14.3. The van der Waals surface area contributed by atoms with Crippen LogP contribution in [0.1, 0.15) is 77.3 Å². The van der Waals surface area contributed by atoms with E-state index < -0.39 is 29.6 Å². The Morgan fingerprint density at radius 3 is 2.40 bits per heavy atom. The first-order chi connectivity index (χ1) is 20.6. The Labute approximate surface area is 258 Å². The Balaban J connectivity index is 1.41. The predicted molar refractivity (Wildman–Crippen MR) is 170 cm³/mol. The highest BCUT2D eigenvalue weighted by atomic mass is 16.5. The van der Waals surface area contributed by atoms with Crippen molar-refractivity contribution in [3.8, 4) is 0 Å². The highest BCUT2D eigenvalue weighted by Crippen LogP contribution is 2.55. The Kier molecular flexibility index (Phi) is 9.67. The summed E-state index contributed by atoms with van der Waals surface area (Å²) in [4.78, 5) is 46.6. The number of nitrogens with one attached hydrogen (secondary N) is 2. The van der Waals surface area contributed by atoms with Gasteiger partial charge in [-0.2, -0.15) is 0 Å². The zero-order valence-corrected chi connectivity index (χ0v) is 27.0. The van der Waals surface area contributed by atoms with Gasteiger partial charge in [0, 0.05) is 18.3 Å². The molecule has 8 heteroatoms. The number of carbonyl (C=O) groups excluding carboxylic acids is 3. The van der Waals surface area contributed by atoms with E-state index in [1.54, 1.807) is 4.90 Å². The van der Waals surface area contributed by atoms with Crippen molar-refractivity contribution in [2.45, 2.75) is 104 Å². The normalized spacial score (nSPS) is 32.9. The number of ether oxygens (including phenoxy) is 1.